The van der Waals surface area contributed by atoms with Crippen LogP contribution in [0, 0.1) is 0 Å². The van der Waals surface area contributed by atoms with Gasteiger partial charge in [0, 0.05) is 44.2 Å². The minimum atomic E-state index is -4.83. The van der Waals surface area contributed by atoms with E-state index in [1.165, 1.54) is 36.7 Å². The van der Waals surface area contributed by atoms with Crippen LogP contribution in [0.3, 0.4) is 0 Å². The number of carbonyl (C=O) groups excluding carboxylic acids is 1. The number of alkyl halides is 4. The molecule has 39 heavy (non-hydrogen) atoms. The quantitative estimate of drug-likeness (QED) is 0.246. The normalized spacial score (nSPS) is 21.6. The SMILES string of the molecule is CNS(=O)(=O)O[C@@H]1C[C@@H](Nc2ncncc2C(=O)c2ccn(Cc3cccc(OC(F)(F)F)c3)c2)[C@@H](F)[C@@H]1O. The van der Waals surface area contributed by atoms with E-state index in [-0.39, 0.29) is 35.7 Å². The van der Waals surface area contributed by atoms with Gasteiger partial charge in [-0.3, -0.25) is 8.98 Å². The number of aliphatic hydroxyl groups excluding tert-OH is 1. The average Bonchev–Trinajstić information content (AvgIpc) is 3.43. The standard InChI is InChI=1S/C23H23F4N5O6S/c1-28-39(35,36)38-18-8-17(19(24)21(18)34)31-22-16(9-29-12-30-22)20(33)14-5-6-32(11-14)10-13-3-2-4-15(7-13)37-23(25,26)27/h2-7,9,11-12,17-19,21,28,34H,8,10H2,1H3,(H,29,30,31)/t17-,18-,19-,21-/m1/s1. The van der Waals surface area contributed by atoms with Crippen LogP contribution in [0.5, 0.6) is 5.75 Å². The maximum atomic E-state index is 14.8. The molecule has 2 heterocycles. The Bertz CT molecular complexity index is 1430. The number of nitrogens with zero attached hydrogens (tertiary/aromatic N) is 3. The molecule has 11 nitrogen and oxygen atoms in total. The smallest absolute Gasteiger partial charge is 0.406 e. The molecule has 210 valence electrons. The zero-order valence-electron chi connectivity index (χ0n) is 20.2. The number of halogens is 4. The molecule has 1 aliphatic carbocycles. The van der Waals surface area contributed by atoms with E-state index in [4.69, 9.17) is 4.18 Å². The van der Waals surface area contributed by atoms with Crippen LogP contribution in [0.4, 0.5) is 23.4 Å². The molecule has 3 aromatic rings. The second-order valence-electron chi connectivity index (χ2n) is 8.60. The predicted molar refractivity (Wildman–Crippen MR) is 128 cm³/mol. The summed E-state index contributed by atoms with van der Waals surface area (Å²) in [5.74, 6) is -0.956. The fraction of sp³-hybridized carbons (Fsp3) is 0.348. The molecule has 2 aromatic heterocycles. The summed E-state index contributed by atoms with van der Waals surface area (Å²) in [6, 6.07) is 5.76. The van der Waals surface area contributed by atoms with E-state index in [1.54, 1.807) is 16.8 Å². The van der Waals surface area contributed by atoms with Crippen LogP contribution in [0.1, 0.15) is 27.9 Å². The van der Waals surface area contributed by atoms with Crippen LogP contribution in [-0.4, -0.2) is 71.7 Å². The van der Waals surface area contributed by atoms with E-state index >= 15 is 0 Å². The van der Waals surface area contributed by atoms with E-state index < -0.39 is 46.9 Å². The Morgan fingerprint density at radius 1 is 1.28 bits per heavy atom. The summed E-state index contributed by atoms with van der Waals surface area (Å²) in [6.45, 7) is 0.138. The Hall–Kier alpha value is -3.60. The van der Waals surface area contributed by atoms with Crippen LogP contribution < -0.4 is 14.8 Å². The topological polar surface area (TPSA) is 145 Å². The van der Waals surface area contributed by atoms with Crippen molar-refractivity contribution in [2.75, 3.05) is 12.4 Å². The second-order valence-corrected chi connectivity index (χ2v) is 10.1. The highest BCUT2D eigenvalue weighted by molar-refractivity contribution is 7.84. The van der Waals surface area contributed by atoms with E-state index in [0.29, 0.717) is 5.56 Å². The Kier molecular flexibility index (Phi) is 8.20. The van der Waals surface area contributed by atoms with Crippen LogP contribution >= 0.6 is 0 Å². The molecule has 1 saturated carbocycles. The van der Waals surface area contributed by atoms with Gasteiger partial charge in [0.2, 0.25) is 0 Å². The van der Waals surface area contributed by atoms with Crippen molar-refractivity contribution in [3.8, 4) is 5.75 Å². The maximum absolute atomic E-state index is 14.8. The van der Waals surface area contributed by atoms with Crippen molar-refractivity contribution in [2.45, 2.75) is 43.7 Å². The van der Waals surface area contributed by atoms with Crippen molar-refractivity contribution in [3.05, 3.63) is 71.9 Å². The van der Waals surface area contributed by atoms with Gasteiger partial charge >= 0.3 is 16.7 Å². The number of ether oxygens (including phenoxy) is 1. The van der Waals surface area contributed by atoms with Crippen molar-refractivity contribution in [2.24, 2.45) is 0 Å². The third kappa shape index (κ3) is 7.08. The van der Waals surface area contributed by atoms with E-state index in [1.807, 2.05) is 4.72 Å². The van der Waals surface area contributed by atoms with Crippen LogP contribution in [0.2, 0.25) is 0 Å². The highest BCUT2D eigenvalue weighted by Crippen LogP contribution is 2.30. The molecule has 4 rings (SSSR count). The second kappa shape index (κ2) is 11.3. The number of hydrogen-bond acceptors (Lipinski definition) is 9. The Morgan fingerprint density at radius 3 is 2.77 bits per heavy atom. The Balaban J connectivity index is 1.47. The third-order valence-corrected chi connectivity index (χ3v) is 6.87. The van der Waals surface area contributed by atoms with Gasteiger partial charge in [0.05, 0.1) is 11.6 Å². The van der Waals surface area contributed by atoms with Gasteiger partial charge in [-0.2, -0.15) is 13.1 Å². The zero-order chi connectivity index (χ0) is 28.4. The van der Waals surface area contributed by atoms with Crippen LogP contribution in [-0.2, 0) is 21.0 Å². The van der Waals surface area contributed by atoms with Crippen LogP contribution in [0.25, 0.3) is 0 Å². The summed E-state index contributed by atoms with van der Waals surface area (Å²) in [5, 5.41) is 12.9. The first-order valence-electron chi connectivity index (χ1n) is 11.4. The van der Waals surface area contributed by atoms with Crippen LogP contribution in [0.15, 0.2) is 55.2 Å². The van der Waals surface area contributed by atoms with Gasteiger partial charge in [0.15, 0.2) is 5.78 Å². The van der Waals surface area contributed by atoms with Crippen molar-refractivity contribution in [1.29, 1.82) is 0 Å². The molecule has 4 atom stereocenters. The Labute approximate surface area is 220 Å². The van der Waals surface area contributed by atoms with E-state index in [0.717, 1.165) is 13.4 Å². The number of anilines is 1. The zero-order valence-corrected chi connectivity index (χ0v) is 21.0. The molecule has 0 bridgehead atoms. The highest BCUT2D eigenvalue weighted by Gasteiger charge is 2.46. The minimum Gasteiger partial charge on any atom is -0.406 e. The number of ketones is 1. The third-order valence-electron chi connectivity index (χ3n) is 5.87. The molecule has 16 heteroatoms. The molecule has 0 saturated heterocycles. The molecule has 1 aromatic carbocycles. The first kappa shape index (κ1) is 28.4. The van der Waals surface area contributed by atoms with Gasteiger partial charge in [-0.25, -0.2) is 14.4 Å². The predicted octanol–water partition coefficient (Wildman–Crippen LogP) is 2.19. The lowest BCUT2D eigenvalue weighted by Gasteiger charge is -2.17. The lowest BCUT2D eigenvalue weighted by atomic mass is 10.1. The number of carbonyl (C=O) groups is 1. The number of benzene rings is 1. The summed E-state index contributed by atoms with van der Waals surface area (Å²) < 4.78 is 87.8. The summed E-state index contributed by atoms with van der Waals surface area (Å²) in [4.78, 5) is 21.1. The summed E-state index contributed by atoms with van der Waals surface area (Å²) >= 11 is 0. The highest BCUT2D eigenvalue weighted by atomic mass is 32.2. The van der Waals surface area contributed by atoms with Gasteiger partial charge in [-0.15, -0.1) is 13.2 Å². The van der Waals surface area contributed by atoms with E-state index in [2.05, 4.69) is 20.0 Å². The first-order valence-corrected chi connectivity index (χ1v) is 12.8. The minimum absolute atomic E-state index is 0.0234. The first-order chi connectivity index (χ1) is 18.3. The molecule has 0 spiro atoms. The molecule has 0 unspecified atom stereocenters. The summed E-state index contributed by atoms with van der Waals surface area (Å²) in [7, 11) is -3.09. The van der Waals surface area contributed by atoms with Gasteiger partial charge in [-0.1, -0.05) is 12.1 Å². The van der Waals surface area contributed by atoms with E-state index in [9.17, 15) is 35.9 Å². The van der Waals surface area contributed by atoms with Gasteiger partial charge < -0.3 is 19.7 Å². The largest absolute Gasteiger partial charge is 0.573 e. The molecule has 0 amide bonds. The van der Waals surface area contributed by atoms with Crippen molar-refractivity contribution >= 4 is 21.9 Å². The number of aliphatic hydroxyl groups is 1. The monoisotopic (exact) mass is 573 g/mol. The van der Waals surface area contributed by atoms with Crippen molar-refractivity contribution in [1.82, 2.24) is 19.3 Å². The molecular formula is C23H23F4N5O6S. The average molecular weight is 574 g/mol. The number of rotatable bonds is 10. The maximum Gasteiger partial charge on any atom is 0.573 e. The fourth-order valence-corrected chi connectivity index (χ4v) is 4.69. The molecule has 3 N–H and O–H groups in total. The van der Waals surface area contributed by atoms with Gasteiger partial charge in [0.1, 0.15) is 36.3 Å². The van der Waals surface area contributed by atoms with Crippen molar-refractivity contribution < 1.29 is 44.8 Å². The molecule has 0 radical (unpaired) electrons. The number of hydrogen-bond donors (Lipinski definition) is 3. The number of aromatic nitrogens is 3. The molecular weight excluding hydrogens is 550 g/mol. The lowest BCUT2D eigenvalue weighted by Crippen LogP contribution is -2.35. The lowest BCUT2D eigenvalue weighted by molar-refractivity contribution is -0.274. The Morgan fingerprint density at radius 2 is 2.05 bits per heavy atom. The van der Waals surface area contributed by atoms with Gasteiger partial charge in [0.25, 0.3) is 0 Å². The van der Waals surface area contributed by atoms with Crippen molar-refractivity contribution in [3.63, 3.8) is 0 Å². The molecule has 1 fully saturated rings. The summed E-state index contributed by atoms with van der Waals surface area (Å²) in [6.07, 6.45) is -4.76. The molecule has 0 aliphatic heterocycles. The fourth-order valence-electron chi connectivity index (χ4n) is 4.08. The van der Waals surface area contributed by atoms with Gasteiger partial charge in [-0.05, 0) is 23.8 Å². The summed E-state index contributed by atoms with van der Waals surface area (Å²) in [5.41, 5.74) is 0.660. The number of nitrogens with one attached hydrogen (secondary N) is 2. The molecule has 1 aliphatic rings.